The van der Waals surface area contributed by atoms with Gasteiger partial charge >= 0.3 is 6.11 Å². The van der Waals surface area contributed by atoms with Crippen LogP contribution in [0.3, 0.4) is 0 Å². The van der Waals surface area contributed by atoms with Gasteiger partial charge in [-0.05, 0) is 35.4 Å². The number of rotatable bonds is 7. The maximum absolute atomic E-state index is 13.8. The van der Waals surface area contributed by atoms with Gasteiger partial charge < -0.3 is 14.6 Å². The zero-order valence-electron chi connectivity index (χ0n) is 14.9. The fourth-order valence-electron chi connectivity index (χ4n) is 2.55. The molecule has 0 spiro atoms. The number of hydrogen-bond acceptors (Lipinski definition) is 3. The lowest BCUT2D eigenvalue weighted by atomic mass is 9.78. The molecule has 148 valence electrons. The number of aliphatic hydroxyl groups is 1. The molecule has 27 heavy (non-hydrogen) atoms. The summed E-state index contributed by atoms with van der Waals surface area (Å²) in [7, 11) is 1.49. The number of halogens is 5. The molecule has 3 nitrogen and oxygen atoms in total. The van der Waals surface area contributed by atoms with Crippen molar-refractivity contribution >= 4 is 39.1 Å². The summed E-state index contributed by atoms with van der Waals surface area (Å²) in [5.41, 5.74) is 1.20. The minimum absolute atomic E-state index is 0.0109. The van der Waals surface area contributed by atoms with Crippen molar-refractivity contribution in [2.24, 2.45) is 0 Å². The number of hydrogen-bond donors (Lipinski definition) is 1. The predicted molar refractivity (Wildman–Crippen MR) is 107 cm³/mol. The van der Waals surface area contributed by atoms with Crippen LogP contribution >= 0.6 is 39.1 Å². The van der Waals surface area contributed by atoms with E-state index in [0.29, 0.717) is 15.8 Å². The topological polar surface area (TPSA) is 38.7 Å². The molecule has 0 radical (unpaired) electrons. The van der Waals surface area contributed by atoms with E-state index in [1.165, 1.54) is 19.2 Å². The molecule has 0 aliphatic heterocycles. The third-order valence-corrected chi connectivity index (χ3v) is 5.66. The molecule has 0 aliphatic rings. The molecular weight excluding hydrogens is 465 g/mol. The minimum Gasteiger partial charge on any atom is -0.494 e. The molecule has 0 aliphatic carbocycles. The largest absolute Gasteiger partial charge is 0.494 e. The molecule has 0 saturated carbocycles. The summed E-state index contributed by atoms with van der Waals surface area (Å²) in [6.45, 7) is 3.18. The average Bonchev–Trinajstić information content (AvgIpc) is 2.60. The number of benzene rings is 2. The predicted octanol–water partition coefficient (Wildman–Crippen LogP) is 6.06. The van der Waals surface area contributed by atoms with Crippen molar-refractivity contribution in [2.45, 2.75) is 30.2 Å². The first-order chi connectivity index (χ1) is 12.5. The lowest BCUT2D eigenvalue weighted by Gasteiger charge is -2.28. The lowest BCUT2D eigenvalue weighted by molar-refractivity contribution is -0.178. The first-order valence-electron chi connectivity index (χ1n) is 7.98. The van der Waals surface area contributed by atoms with Crippen LogP contribution in [0.5, 0.6) is 11.5 Å². The zero-order valence-corrected chi connectivity index (χ0v) is 18.0. The standard InChI is InChI=1S/C19H19BrCl2F2O3/c1-18(2,12-8-14(21)17(26-3)15(22)9-12)11-4-6-13(7-5-11)27-19(23,24)16(20)10-25/h4-9,16,25H,10H2,1-3H3. The van der Waals surface area contributed by atoms with Gasteiger partial charge in [0.2, 0.25) is 0 Å². The molecule has 2 aromatic carbocycles. The summed E-state index contributed by atoms with van der Waals surface area (Å²) in [4.78, 5) is -1.50. The van der Waals surface area contributed by atoms with Gasteiger partial charge in [-0.15, -0.1) is 0 Å². The van der Waals surface area contributed by atoms with E-state index in [2.05, 4.69) is 15.9 Å². The van der Waals surface area contributed by atoms with Gasteiger partial charge in [0, 0.05) is 5.41 Å². The van der Waals surface area contributed by atoms with Crippen LogP contribution in [0, 0.1) is 0 Å². The van der Waals surface area contributed by atoms with Crippen molar-refractivity contribution < 1.29 is 23.4 Å². The maximum Gasteiger partial charge on any atom is 0.412 e. The van der Waals surface area contributed by atoms with E-state index < -0.39 is 23.0 Å². The van der Waals surface area contributed by atoms with Crippen molar-refractivity contribution in [1.82, 2.24) is 0 Å². The maximum atomic E-state index is 13.8. The quantitative estimate of drug-likeness (QED) is 0.487. The van der Waals surface area contributed by atoms with E-state index in [9.17, 15) is 8.78 Å². The van der Waals surface area contributed by atoms with Crippen LogP contribution in [0.25, 0.3) is 0 Å². The number of methoxy groups -OCH3 is 1. The number of alkyl halides is 3. The third-order valence-electron chi connectivity index (χ3n) is 4.28. The second kappa shape index (κ2) is 8.52. The van der Waals surface area contributed by atoms with Crippen molar-refractivity contribution in [3.05, 3.63) is 57.6 Å². The van der Waals surface area contributed by atoms with Crippen molar-refractivity contribution in [3.63, 3.8) is 0 Å². The fraction of sp³-hybridized carbons (Fsp3) is 0.368. The Labute approximate surface area is 175 Å². The van der Waals surface area contributed by atoms with E-state index >= 15 is 0 Å². The van der Waals surface area contributed by atoms with Crippen LogP contribution in [-0.2, 0) is 5.41 Å². The van der Waals surface area contributed by atoms with Crippen LogP contribution in [0.2, 0.25) is 10.0 Å². The normalized spacial score (nSPS) is 13.4. The van der Waals surface area contributed by atoms with Crippen molar-refractivity contribution in [1.29, 1.82) is 0 Å². The van der Waals surface area contributed by atoms with Gasteiger partial charge in [-0.2, -0.15) is 8.78 Å². The molecule has 0 heterocycles. The zero-order chi connectivity index (χ0) is 20.4. The van der Waals surface area contributed by atoms with Crippen molar-refractivity contribution in [3.8, 4) is 11.5 Å². The van der Waals surface area contributed by atoms with Gasteiger partial charge in [-0.1, -0.05) is 65.1 Å². The minimum atomic E-state index is -3.54. The first-order valence-corrected chi connectivity index (χ1v) is 9.66. The Balaban J connectivity index is 2.30. The van der Waals surface area contributed by atoms with Gasteiger partial charge in [0.25, 0.3) is 0 Å². The summed E-state index contributed by atoms with van der Waals surface area (Å²) in [6, 6.07) is 9.83. The average molecular weight is 484 g/mol. The smallest absolute Gasteiger partial charge is 0.412 e. The van der Waals surface area contributed by atoms with Gasteiger partial charge in [0.05, 0.1) is 23.8 Å². The second-order valence-electron chi connectivity index (χ2n) is 6.44. The molecule has 1 unspecified atom stereocenters. The Hall–Kier alpha value is -1.08. The Bertz CT molecular complexity index is 775. The third kappa shape index (κ3) is 4.86. The van der Waals surface area contributed by atoms with Crippen LogP contribution in [0.1, 0.15) is 25.0 Å². The van der Waals surface area contributed by atoms with Gasteiger partial charge in [0.1, 0.15) is 10.6 Å². The Morgan fingerprint density at radius 2 is 1.59 bits per heavy atom. The molecule has 0 fully saturated rings. The van der Waals surface area contributed by atoms with Gasteiger partial charge in [0.15, 0.2) is 5.75 Å². The molecule has 2 aromatic rings. The van der Waals surface area contributed by atoms with Crippen LogP contribution < -0.4 is 9.47 Å². The molecule has 0 bridgehead atoms. The summed E-state index contributed by atoms with van der Waals surface area (Å²) in [5, 5.41) is 9.65. The van der Waals surface area contributed by atoms with Crippen molar-refractivity contribution in [2.75, 3.05) is 13.7 Å². The molecule has 1 N–H and O–H groups in total. The van der Waals surface area contributed by atoms with E-state index in [1.54, 1.807) is 24.3 Å². The Morgan fingerprint density at radius 1 is 1.07 bits per heavy atom. The number of aliphatic hydroxyl groups excluding tert-OH is 1. The fourth-order valence-corrected chi connectivity index (χ4v) is 3.28. The summed E-state index contributed by atoms with van der Waals surface area (Å²) in [6.07, 6.45) is -3.54. The van der Waals surface area contributed by atoms with Crippen LogP contribution in [0.4, 0.5) is 8.78 Å². The highest BCUT2D eigenvalue weighted by molar-refractivity contribution is 9.09. The molecule has 1 atom stereocenters. The lowest BCUT2D eigenvalue weighted by Crippen LogP contribution is -2.37. The Kier molecular flexibility index (Phi) is 7.01. The first kappa shape index (κ1) is 22.2. The molecule has 0 saturated heterocycles. The van der Waals surface area contributed by atoms with Gasteiger partial charge in [-0.3, -0.25) is 0 Å². The summed E-state index contributed by atoms with van der Waals surface area (Å²) >= 11 is 15.2. The monoisotopic (exact) mass is 482 g/mol. The molecule has 0 aromatic heterocycles. The van der Waals surface area contributed by atoms with Gasteiger partial charge in [-0.25, -0.2) is 0 Å². The van der Waals surface area contributed by atoms with E-state index in [0.717, 1.165) is 11.1 Å². The molecule has 2 rings (SSSR count). The summed E-state index contributed by atoms with van der Waals surface area (Å²) < 4.78 is 37.4. The molecule has 0 amide bonds. The van der Waals surface area contributed by atoms with E-state index in [-0.39, 0.29) is 5.75 Å². The highest BCUT2D eigenvalue weighted by Gasteiger charge is 2.40. The number of ether oxygens (including phenoxy) is 2. The Morgan fingerprint density at radius 3 is 2.04 bits per heavy atom. The molecule has 8 heteroatoms. The summed E-state index contributed by atoms with van der Waals surface area (Å²) in [5.74, 6) is 0.389. The SMILES string of the molecule is COc1c(Cl)cc(C(C)(C)c2ccc(OC(F)(F)C(Br)CO)cc2)cc1Cl. The molecular formula is C19H19BrCl2F2O3. The van der Waals surface area contributed by atoms with E-state index in [4.69, 9.17) is 37.8 Å². The second-order valence-corrected chi connectivity index (χ2v) is 8.36. The highest BCUT2D eigenvalue weighted by Crippen LogP contribution is 2.40. The highest BCUT2D eigenvalue weighted by atomic mass is 79.9. The van der Waals surface area contributed by atoms with Crippen LogP contribution in [-0.4, -0.2) is 29.8 Å². The van der Waals surface area contributed by atoms with E-state index in [1.807, 2.05) is 13.8 Å². The van der Waals surface area contributed by atoms with Crippen LogP contribution in [0.15, 0.2) is 36.4 Å².